The zero-order valence-corrected chi connectivity index (χ0v) is 7.88. The highest BCUT2D eigenvalue weighted by atomic mass is 32.1. The summed E-state index contributed by atoms with van der Waals surface area (Å²) in [5, 5.41) is 11.3. The molecule has 0 unspecified atom stereocenters. The van der Waals surface area contributed by atoms with Gasteiger partial charge in [0.15, 0.2) is 0 Å². The molecule has 2 aromatic heterocycles. The van der Waals surface area contributed by atoms with E-state index in [2.05, 4.69) is 27.3 Å². The van der Waals surface area contributed by atoms with Gasteiger partial charge in [-0.1, -0.05) is 5.16 Å². The molecule has 2 heterocycles. The molecule has 0 atom stereocenters. The van der Waals surface area contributed by atoms with Crippen LogP contribution >= 0.6 is 11.3 Å². The third kappa shape index (κ3) is 2.40. The topological polar surface area (TPSA) is 38.1 Å². The van der Waals surface area contributed by atoms with Gasteiger partial charge in [-0.2, -0.15) is 11.3 Å². The van der Waals surface area contributed by atoms with Crippen LogP contribution in [0.5, 0.6) is 0 Å². The Balaban J connectivity index is 1.76. The molecule has 0 spiro atoms. The summed E-state index contributed by atoms with van der Waals surface area (Å²) in [7, 11) is 0. The molecular weight excluding hydrogens is 184 g/mol. The zero-order valence-electron chi connectivity index (χ0n) is 7.06. The zero-order chi connectivity index (χ0) is 8.93. The molecule has 1 N–H and O–H groups in total. The average Bonchev–Trinajstić information content (AvgIpc) is 2.75. The van der Waals surface area contributed by atoms with Crippen LogP contribution in [0.4, 0.5) is 0 Å². The Labute approximate surface area is 80.4 Å². The van der Waals surface area contributed by atoms with E-state index in [1.165, 1.54) is 5.56 Å². The largest absolute Gasteiger partial charge is 0.364 e. The van der Waals surface area contributed by atoms with E-state index in [9.17, 15) is 0 Å². The van der Waals surface area contributed by atoms with Crippen molar-refractivity contribution < 1.29 is 4.52 Å². The summed E-state index contributed by atoms with van der Waals surface area (Å²) in [5.74, 6) is 0. The lowest BCUT2D eigenvalue weighted by molar-refractivity contribution is 0.408. The van der Waals surface area contributed by atoms with Gasteiger partial charge in [0.2, 0.25) is 0 Å². The lowest BCUT2D eigenvalue weighted by Gasteiger charge is -1.98. The van der Waals surface area contributed by atoms with Gasteiger partial charge in [0, 0.05) is 19.2 Å². The molecule has 0 fully saturated rings. The van der Waals surface area contributed by atoms with Crippen LogP contribution in [0, 0.1) is 0 Å². The standard InChI is InChI=1S/C9H10N2OS/c1-3-12-11-9(1)6-10-5-8-2-4-13-7-8/h1-4,7,10H,5-6H2. The predicted octanol–water partition coefficient (Wildman–Crippen LogP) is 2.03. The van der Waals surface area contributed by atoms with Crippen molar-refractivity contribution in [2.24, 2.45) is 0 Å². The second-order valence-electron chi connectivity index (χ2n) is 2.73. The molecule has 68 valence electrons. The lowest BCUT2D eigenvalue weighted by atomic mass is 10.3. The van der Waals surface area contributed by atoms with Crippen molar-refractivity contribution in [1.29, 1.82) is 0 Å². The monoisotopic (exact) mass is 194 g/mol. The highest BCUT2D eigenvalue weighted by molar-refractivity contribution is 7.07. The maximum absolute atomic E-state index is 4.71. The van der Waals surface area contributed by atoms with Crippen LogP contribution in [-0.2, 0) is 13.1 Å². The molecule has 2 aromatic rings. The molecule has 0 radical (unpaired) electrons. The average molecular weight is 194 g/mol. The maximum atomic E-state index is 4.71. The molecule has 0 aromatic carbocycles. The second-order valence-corrected chi connectivity index (χ2v) is 3.51. The van der Waals surface area contributed by atoms with Crippen LogP contribution < -0.4 is 5.32 Å². The van der Waals surface area contributed by atoms with Crippen molar-refractivity contribution in [1.82, 2.24) is 10.5 Å². The van der Waals surface area contributed by atoms with Gasteiger partial charge in [-0.05, 0) is 22.4 Å². The van der Waals surface area contributed by atoms with Crippen LogP contribution in [0.25, 0.3) is 0 Å². The summed E-state index contributed by atoms with van der Waals surface area (Å²) in [6.07, 6.45) is 1.58. The van der Waals surface area contributed by atoms with E-state index in [1.807, 2.05) is 6.07 Å². The van der Waals surface area contributed by atoms with Gasteiger partial charge >= 0.3 is 0 Å². The van der Waals surface area contributed by atoms with Crippen LogP contribution in [0.3, 0.4) is 0 Å². The summed E-state index contributed by atoms with van der Waals surface area (Å²) in [6, 6.07) is 3.97. The van der Waals surface area contributed by atoms with Gasteiger partial charge in [0.25, 0.3) is 0 Å². The maximum Gasteiger partial charge on any atom is 0.124 e. The first-order valence-corrected chi connectivity index (χ1v) is 5.00. The highest BCUT2D eigenvalue weighted by Crippen LogP contribution is 2.05. The summed E-state index contributed by atoms with van der Waals surface area (Å²) >= 11 is 1.71. The Morgan fingerprint density at radius 2 is 2.38 bits per heavy atom. The fourth-order valence-electron chi connectivity index (χ4n) is 1.06. The van der Waals surface area contributed by atoms with Gasteiger partial charge in [0.05, 0.1) is 5.69 Å². The molecule has 0 amide bonds. The van der Waals surface area contributed by atoms with Crippen LogP contribution in [0.15, 0.2) is 33.7 Å². The van der Waals surface area contributed by atoms with Crippen LogP contribution in [0.1, 0.15) is 11.3 Å². The minimum Gasteiger partial charge on any atom is -0.364 e. The van der Waals surface area contributed by atoms with E-state index in [1.54, 1.807) is 17.6 Å². The fourth-order valence-corrected chi connectivity index (χ4v) is 1.73. The van der Waals surface area contributed by atoms with Crippen LogP contribution in [-0.4, -0.2) is 5.16 Å². The molecule has 0 bridgehead atoms. The Bertz CT molecular complexity index is 294. The minimum absolute atomic E-state index is 0.756. The lowest BCUT2D eigenvalue weighted by Crippen LogP contribution is -2.12. The molecule has 0 saturated carbocycles. The summed E-state index contributed by atoms with van der Waals surface area (Å²) in [5.41, 5.74) is 2.25. The van der Waals surface area contributed by atoms with E-state index >= 15 is 0 Å². The molecule has 2 rings (SSSR count). The Morgan fingerprint density at radius 3 is 3.08 bits per heavy atom. The Morgan fingerprint density at radius 1 is 1.38 bits per heavy atom. The molecular formula is C9H10N2OS. The van der Waals surface area contributed by atoms with Crippen molar-refractivity contribution >= 4 is 11.3 Å². The minimum atomic E-state index is 0.756. The third-order valence-corrected chi connectivity index (χ3v) is 2.44. The quantitative estimate of drug-likeness (QED) is 0.809. The predicted molar refractivity (Wildman–Crippen MR) is 51.4 cm³/mol. The molecule has 0 aliphatic heterocycles. The number of nitrogens with zero attached hydrogens (tertiary/aromatic N) is 1. The second kappa shape index (κ2) is 4.20. The van der Waals surface area contributed by atoms with Crippen molar-refractivity contribution in [3.05, 3.63) is 40.4 Å². The van der Waals surface area contributed by atoms with Gasteiger partial charge in [-0.15, -0.1) is 0 Å². The number of hydrogen-bond acceptors (Lipinski definition) is 4. The van der Waals surface area contributed by atoms with E-state index in [-0.39, 0.29) is 0 Å². The molecule has 13 heavy (non-hydrogen) atoms. The number of thiophene rings is 1. The third-order valence-electron chi connectivity index (χ3n) is 1.71. The number of rotatable bonds is 4. The first-order valence-electron chi connectivity index (χ1n) is 4.06. The molecule has 0 aliphatic rings. The van der Waals surface area contributed by atoms with Crippen molar-refractivity contribution in [3.8, 4) is 0 Å². The first kappa shape index (κ1) is 8.47. The van der Waals surface area contributed by atoms with Gasteiger partial charge in [-0.3, -0.25) is 0 Å². The van der Waals surface area contributed by atoms with Crippen LogP contribution in [0.2, 0.25) is 0 Å². The number of nitrogens with one attached hydrogen (secondary N) is 1. The summed E-state index contributed by atoms with van der Waals surface area (Å²) < 4.78 is 4.71. The van der Waals surface area contributed by atoms with E-state index in [0.717, 1.165) is 18.8 Å². The molecule has 4 heteroatoms. The van der Waals surface area contributed by atoms with Gasteiger partial charge in [0.1, 0.15) is 6.26 Å². The van der Waals surface area contributed by atoms with E-state index < -0.39 is 0 Å². The van der Waals surface area contributed by atoms with Crippen molar-refractivity contribution in [2.45, 2.75) is 13.1 Å². The number of hydrogen-bond donors (Lipinski definition) is 1. The summed E-state index contributed by atoms with van der Waals surface area (Å²) in [4.78, 5) is 0. The smallest absolute Gasteiger partial charge is 0.124 e. The normalized spacial score (nSPS) is 10.5. The van der Waals surface area contributed by atoms with E-state index in [4.69, 9.17) is 4.52 Å². The van der Waals surface area contributed by atoms with E-state index in [0.29, 0.717) is 0 Å². The highest BCUT2D eigenvalue weighted by Gasteiger charge is 1.96. The first-order chi connectivity index (χ1) is 6.45. The Hall–Kier alpha value is -1.13. The SMILES string of the molecule is c1cc(CNCc2ccsc2)no1. The van der Waals surface area contributed by atoms with Gasteiger partial charge < -0.3 is 9.84 Å². The molecule has 3 nitrogen and oxygen atoms in total. The summed E-state index contributed by atoms with van der Waals surface area (Å²) in [6.45, 7) is 1.64. The fraction of sp³-hybridized carbons (Fsp3) is 0.222. The molecule has 0 saturated heterocycles. The molecule has 0 aliphatic carbocycles. The Kier molecular flexibility index (Phi) is 2.74. The number of aromatic nitrogens is 1. The van der Waals surface area contributed by atoms with Crippen molar-refractivity contribution in [2.75, 3.05) is 0 Å². The van der Waals surface area contributed by atoms with Gasteiger partial charge in [-0.25, -0.2) is 0 Å². The van der Waals surface area contributed by atoms with Crippen molar-refractivity contribution in [3.63, 3.8) is 0 Å².